The molecule has 152 valence electrons. The van der Waals surface area contributed by atoms with Gasteiger partial charge in [-0.05, 0) is 62.8 Å². The predicted molar refractivity (Wildman–Crippen MR) is 119 cm³/mol. The first-order chi connectivity index (χ1) is 14.0. The van der Waals surface area contributed by atoms with E-state index in [1.807, 2.05) is 36.6 Å². The van der Waals surface area contributed by atoms with Crippen molar-refractivity contribution < 1.29 is 4.79 Å². The molecule has 0 spiro atoms. The van der Waals surface area contributed by atoms with E-state index in [2.05, 4.69) is 46.4 Å². The number of carbonyl (C=O) groups excluding carboxylic acids is 1. The summed E-state index contributed by atoms with van der Waals surface area (Å²) in [7, 11) is 0. The molecule has 2 atom stereocenters. The summed E-state index contributed by atoms with van der Waals surface area (Å²) in [5.41, 5.74) is 4.28. The summed E-state index contributed by atoms with van der Waals surface area (Å²) in [5, 5.41) is 12.2. The van der Waals surface area contributed by atoms with Gasteiger partial charge < -0.3 is 5.32 Å². The fourth-order valence-electron chi connectivity index (χ4n) is 4.16. The van der Waals surface area contributed by atoms with E-state index in [0.717, 1.165) is 28.4 Å². The summed E-state index contributed by atoms with van der Waals surface area (Å²) in [4.78, 5) is 16.4. The zero-order valence-corrected chi connectivity index (χ0v) is 18.1. The van der Waals surface area contributed by atoms with Gasteiger partial charge in [-0.2, -0.15) is 5.10 Å². The van der Waals surface area contributed by atoms with Crippen molar-refractivity contribution in [3.63, 3.8) is 0 Å². The molecule has 6 heteroatoms. The van der Waals surface area contributed by atoms with Crippen LogP contribution in [-0.4, -0.2) is 33.1 Å². The number of benzene rings is 1. The number of hydrogen-bond donors (Lipinski definition) is 2. The Hall–Kier alpha value is -2.44. The number of aromatic nitrogens is 2. The van der Waals surface area contributed by atoms with E-state index in [0.29, 0.717) is 17.8 Å². The topological polar surface area (TPSA) is 61.0 Å². The van der Waals surface area contributed by atoms with Gasteiger partial charge in [0.05, 0.1) is 10.6 Å². The van der Waals surface area contributed by atoms with Crippen LogP contribution < -0.4 is 5.32 Å². The number of anilines is 1. The molecule has 4 rings (SSSR count). The quantitative estimate of drug-likeness (QED) is 0.589. The van der Waals surface area contributed by atoms with Crippen molar-refractivity contribution in [2.75, 3.05) is 5.32 Å². The van der Waals surface area contributed by atoms with Crippen LogP contribution in [0, 0.1) is 6.92 Å². The zero-order chi connectivity index (χ0) is 20.4. The van der Waals surface area contributed by atoms with Gasteiger partial charge in [0, 0.05) is 29.9 Å². The molecule has 5 nitrogen and oxygen atoms in total. The summed E-state index contributed by atoms with van der Waals surface area (Å²) in [6, 6.07) is 13.4. The van der Waals surface area contributed by atoms with Crippen LogP contribution in [-0.2, 0) is 6.54 Å². The van der Waals surface area contributed by atoms with Gasteiger partial charge >= 0.3 is 0 Å². The number of likely N-dealkylation sites (tertiary alicyclic amines) is 1. The van der Waals surface area contributed by atoms with Gasteiger partial charge in [0.15, 0.2) is 5.69 Å². The summed E-state index contributed by atoms with van der Waals surface area (Å²) < 4.78 is 0. The number of H-pyrrole nitrogens is 1. The van der Waals surface area contributed by atoms with Crippen molar-refractivity contribution in [3.05, 3.63) is 58.6 Å². The maximum absolute atomic E-state index is 12.7. The maximum Gasteiger partial charge on any atom is 0.276 e. The van der Waals surface area contributed by atoms with Gasteiger partial charge in [-0.1, -0.05) is 24.6 Å². The smallest absolute Gasteiger partial charge is 0.276 e. The third-order valence-electron chi connectivity index (χ3n) is 5.95. The number of piperidine rings is 1. The van der Waals surface area contributed by atoms with Crippen molar-refractivity contribution in [1.29, 1.82) is 0 Å². The van der Waals surface area contributed by atoms with Gasteiger partial charge in [-0.25, -0.2) is 0 Å². The monoisotopic (exact) mass is 408 g/mol. The Labute approximate surface area is 176 Å². The Morgan fingerprint density at radius 2 is 1.93 bits per heavy atom. The molecule has 1 fully saturated rings. The van der Waals surface area contributed by atoms with Crippen LogP contribution in [0.4, 0.5) is 5.69 Å². The molecule has 2 aromatic heterocycles. The number of hydrogen-bond acceptors (Lipinski definition) is 4. The van der Waals surface area contributed by atoms with E-state index in [4.69, 9.17) is 0 Å². The number of aromatic amines is 1. The van der Waals surface area contributed by atoms with Crippen LogP contribution in [0.2, 0.25) is 0 Å². The second kappa shape index (κ2) is 8.51. The van der Waals surface area contributed by atoms with E-state index >= 15 is 0 Å². The molecule has 1 aliphatic rings. The molecule has 2 N–H and O–H groups in total. The first-order valence-corrected chi connectivity index (χ1v) is 11.2. The fourth-order valence-corrected chi connectivity index (χ4v) is 4.94. The van der Waals surface area contributed by atoms with E-state index < -0.39 is 0 Å². The standard InChI is InChI=1S/C23H28N4OS/c1-15-6-4-7-16(2)27(15)14-18-9-11-19(12-10-18)24-23(28)22-17(3)21(25-26-22)20-8-5-13-29-20/h5,8-13,15-16H,4,6-7,14H2,1-3H3,(H,24,28)(H,25,26)/t15-,16+. The van der Waals surface area contributed by atoms with Crippen LogP contribution in [0.15, 0.2) is 41.8 Å². The largest absolute Gasteiger partial charge is 0.321 e. The van der Waals surface area contributed by atoms with Crippen LogP contribution >= 0.6 is 11.3 Å². The molecular weight excluding hydrogens is 380 g/mol. The maximum atomic E-state index is 12.7. The molecule has 0 aliphatic carbocycles. The third-order valence-corrected chi connectivity index (χ3v) is 6.83. The fraction of sp³-hybridized carbons (Fsp3) is 0.391. The van der Waals surface area contributed by atoms with Crippen molar-refractivity contribution in [1.82, 2.24) is 15.1 Å². The van der Waals surface area contributed by atoms with Crippen LogP contribution in [0.5, 0.6) is 0 Å². The third kappa shape index (κ3) is 4.28. The Morgan fingerprint density at radius 1 is 1.21 bits per heavy atom. The Kier molecular flexibility index (Phi) is 5.83. The number of nitrogens with zero attached hydrogens (tertiary/aromatic N) is 2. The molecule has 3 heterocycles. The molecule has 0 unspecified atom stereocenters. The minimum Gasteiger partial charge on any atom is -0.321 e. The van der Waals surface area contributed by atoms with Crippen molar-refractivity contribution in [2.45, 2.75) is 58.7 Å². The molecule has 1 aliphatic heterocycles. The molecule has 0 bridgehead atoms. The van der Waals surface area contributed by atoms with Gasteiger partial charge in [0.1, 0.15) is 0 Å². The molecule has 3 aromatic rings. The summed E-state index contributed by atoms with van der Waals surface area (Å²) in [6.45, 7) is 7.53. The lowest BCUT2D eigenvalue weighted by Gasteiger charge is -2.39. The second-order valence-electron chi connectivity index (χ2n) is 8.00. The minimum atomic E-state index is -0.187. The number of carbonyl (C=O) groups is 1. The van der Waals surface area contributed by atoms with E-state index in [-0.39, 0.29) is 5.91 Å². The lowest BCUT2D eigenvalue weighted by atomic mass is 9.97. The van der Waals surface area contributed by atoms with Gasteiger partial charge in [0.2, 0.25) is 0 Å². The zero-order valence-electron chi connectivity index (χ0n) is 17.2. The van der Waals surface area contributed by atoms with Crippen LogP contribution in [0.3, 0.4) is 0 Å². The highest BCUT2D eigenvalue weighted by atomic mass is 32.1. The highest BCUT2D eigenvalue weighted by Crippen LogP contribution is 2.28. The van der Waals surface area contributed by atoms with E-state index in [1.54, 1.807) is 11.3 Å². The van der Waals surface area contributed by atoms with E-state index in [9.17, 15) is 4.79 Å². The molecule has 0 saturated carbocycles. The highest BCUT2D eigenvalue weighted by Gasteiger charge is 2.24. The molecular formula is C23H28N4OS. The predicted octanol–water partition coefficient (Wildman–Crippen LogP) is 5.46. The molecule has 1 amide bonds. The first-order valence-electron chi connectivity index (χ1n) is 10.3. The summed E-state index contributed by atoms with van der Waals surface area (Å²) in [6.07, 6.45) is 3.87. The molecule has 0 radical (unpaired) electrons. The number of thiophene rings is 1. The molecule has 29 heavy (non-hydrogen) atoms. The summed E-state index contributed by atoms with van der Waals surface area (Å²) in [5.74, 6) is -0.187. The minimum absolute atomic E-state index is 0.187. The average Bonchev–Trinajstić information content (AvgIpc) is 3.35. The van der Waals surface area contributed by atoms with Crippen molar-refractivity contribution in [2.24, 2.45) is 0 Å². The lowest BCUT2D eigenvalue weighted by Crippen LogP contribution is -2.42. The highest BCUT2D eigenvalue weighted by molar-refractivity contribution is 7.13. The number of nitrogens with one attached hydrogen (secondary N) is 2. The number of rotatable bonds is 5. The lowest BCUT2D eigenvalue weighted by molar-refractivity contribution is 0.0953. The van der Waals surface area contributed by atoms with Crippen molar-refractivity contribution in [3.8, 4) is 10.6 Å². The van der Waals surface area contributed by atoms with Crippen molar-refractivity contribution >= 4 is 22.9 Å². The Bertz CT molecular complexity index is 951. The Balaban J connectivity index is 1.42. The molecule has 1 saturated heterocycles. The first kappa shape index (κ1) is 19.9. The normalized spacial score (nSPS) is 20.0. The summed E-state index contributed by atoms with van der Waals surface area (Å²) >= 11 is 1.63. The van der Waals surface area contributed by atoms with Gasteiger partial charge in [-0.15, -0.1) is 11.3 Å². The van der Waals surface area contributed by atoms with Gasteiger partial charge in [-0.3, -0.25) is 14.8 Å². The van der Waals surface area contributed by atoms with Crippen LogP contribution in [0.25, 0.3) is 10.6 Å². The second-order valence-corrected chi connectivity index (χ2v) is 8.95. The van der Waals surface area contributed by atoms with Crippen LogP contribution in [0.1, 0.15) is 54.7 Å². The van der Waals surface area contributed by atoms with E-state index in [1.165, 1.54) is 24.8 Å². The van der Waals surface area contributed by atoms with Gasteiger partial charge in [0.25, 0.3) is 5.91 Å². The Morgan fingerprint density at radius 3 is 2.59 bits per heavy atom. The molecule has 1 aromatic carbocycles. The number of amides is 1. The average molecular weight is 409 g/mol. The SMILES string of the molecule is Cc1c(C(=O)Nc2ccc(CN3[C@H](C)CCC[C@@H]3C)cc2)n[nH]c1-c1cccs1.